The molecule has 0 aliphatic heterocycles. The van der Waals surface area contributed by atoms with E-state index in [-0.39, 0.29) is 12.5 Å². The molecule has 10 heteroatoms. The Morgan fingerprint density at radius 3 is 2.20 bits per heavy atom. The lowest BCUT2D eigenvalue weighted by Gasteiger charge is -2.34. The van der Waals surface area contributed by atoms with Gasteiger partial charge in [-0.25, -0.2) is 8.42 Å². The fourth-order valence-corrected chi connectivity index (χ4v) is 4.77. The van der Waals surface area contributed by atoms with Gasteiger partial charge in [0, 0.05) is 21.6 Å². The summed E-state index contributed by atoms with van der Waals surface area (Å²) in [5.41, 5.74) is 1.49. The molecule has 0 aliphatic rings. The molecule has 0 heterocycles. The van der Waals surface area contributed by atoms with Crippen LogP contribution in [0.4, 0.5) is 5.69 Å². The van der Waals surface area contributed by atoms with E-state index in [0.717, 1.165) is 26.2 Å². The second-order valence-corrected chi connectivity index (χ2v) is 12.7. The lowest BCUT2D eigenvalue weighted by atomic mass is 10.1. The van der Waals surface area contributed by atoms with E-state index in [9.17, 15) is 18.0 Å². The van der Waals surface area contributed by atoms with Crippen molar-refractivity contribution in [3.8, 4) is 0 Å². The molecule has 192 valence electrons. The van der Waals surface area contributed by atoms with Crippen molar-refractivity contribution in [2.24, 2.45) is 0 Å². The van der Waals surface area contributed by atoms with Crippen LogP contribution in [0.3, 0.4) is 0 Å². The third kappa shape index (κ3) is 8.51. The predicted octanol–water partition coefficient (Wildman–Crippen LogP) is 4.90. The molecule has 0 radical (unpaired) electrons. The van der Waals surface area contributed by atoms with E-state index in [1.165, 1.54) is 4.90 Å². The van der Waals surface area contributed by atoms with Crippen molar-refractivity contribution in [2.75, 3.05) is 17.1 Å². The second-order valence-electron chi connectivity index (χ2n) is 9.51. The average molecular weight is 587 g/mol. The molecule has 2 amide bonds. The van der Waals surface area contributed by atoms with E-state index in [0.29, 0.717) is 17.1 Å². The molecule has 0 aromatic heterocycles. The van der Waals surface area contributed by atoms with E-state index in [2.05, 4.69) is 21.2 Å². The Hall–Kier alpha value is -2.10. The first-order valence-electron chi connectivity index (χ1n) is 11.2. The van der Waals surface area contributed by atoms with Crippen LogP contribution in [0.2, 0.25) is 5.02 Å². The van der Waals surface area contributed by atoms with Crippen molar-refractivity contribution in [1.29, 1.82) is 0 Å². The van der Waals surface area contributed by atoms with Crippen LogP contribution in [0.1, 0.15) is 45.2 Å². The number of benzene rings is 2. The summed E-state index contributed by atoms with van der Waals surface area (Å²) in [5.74, 6) is -0.783. The molecule has 0 saturated carbocycles. The highest BCUT2D eigenvalue weighted by Crippen LogP contribution is 2.25. The Bertz CT molecular complexity index is 1160. The number of nitrogens with one attached hydrogen (secondary N) is 1. The van der Waals surface area contributed by atoms with Crippen LogP contribution in [-0.2, 0) is 26.2 Å². The van der Waals surface area contributed by atoms with Crippen molar-refractivity contribution < 1.29 is 18.0 Å². The zero-order valence-electron chi connectivity index (χ0n) is 20.9. The zero-order valence-corrected chi connectivity index (χ0v) is 24.1. The first kappa shape index (κ1) is 29.1. The third-order valence-corrected chi connectivity index (χ3v) is 7.54. The number of halogens is 2. The molecule has 0 saturated heterocycles. The number of hydrogen-bond donors (Lipinski definition) is 1. The van der Waals surface area contributed by atoms with Crippen LogP contribution in [0.5, 0.6) is 0 Å². The number of amides is 2. The van der Waals surface area contributed by atoms with Gasteiger partial charge in [-0.15, -0.1) is 0 Å². The lowest BCUT2D eigenvalue weighted by molar-refractivity contribution is -0.141. The SMILES string of the molecule is CC[C@@H](C(=O)NC(C)(C)C)N(Cc1ccc(Cl)cc1)C(=O)CN(c1ccc(Br)c(C)c1)S(C)(=O)=O. The summed E-state index contributed by atoms with van der Waals surface area (Å²) >= 11 is 9.43. The lowest BCUT2D eigenvalue weighted by Crippen LogP contribution is -2.55. The van der Waals surface area contributed by atoms with E-state index >= 15 is 0 Å². The van der Waals surface area contributed by atoms with Gasteiger partial charge < -0.3 is 10.2 Å². The van der Waals surface area contributed by atoms with Crippen molar-refractivity contribution in [3.05, 3.63) is 63.1 Å². The van der Waals surface area contributed by atoms with Crippen LogP contribution < -0.4 is 9.62 Å². The minimum Gasteiger partial charge on any atom is -0.350 e. The van der Waals surface area contributed by atoms with Crippen LogP contribution in [-0.4, -0.2) is 49.5 Å². The molecular weight excluding hydrogens is 554 g/mol. The van der Waals surface area contributed by atoms with Crippen LogP contribution in [0, 0.1) is 6.92 Å². The van der Waals surface area contributed by atoms with Gasteiger partial charge in [-0.2, -0.15) is 0 Å². The average Bonchev–Trinajstić information content (AvgIpc) is 2.73. The van der Waals surface area contributed by atoms with Crippen molar-refractivity contribution in [3.63, 3.8) is 0 Å². The van der Waals surface area contributed by atoms with Crippen molar-refractivity contribution in [1.82, 2.24) is 10.2 Å². The number of hydrogen-bond acceptors (Lipinski definition) is 4. The van der Waals surface area contributed by atoms with Gasteiger partial charge in [0.05, 0.1) is 11.9 Å². The number of carbonyl (C=O) groups excluding carboxylic acids is 2. The molecule has 1 N–H and O–H groups in total. The van der Waals surface area contributed by atoms with E-state index in [4.69, 9.17) is 11.6 Å². The number of rotatable bonds is 9. The van der Waals surface area contributed by atoms with E-state index in [1.54, 1.807) is 42.5 Å². The summed E-state index contributed by atoms with van der Waals surface area (Å²) in [6.07, 6.45) is 1.42. The molecule has 2 aromatic carbocycles. The van der Waals surface area contributed by atoms with Gasteiger partial charge in [0.15, 0.2) is 0 Å². The molecule has 0 fully saturated rings. The highest BCUT2D eigenvalue weighted by molar-refractivity contribution is 9.10. The first-order chi connectivity index (χ1) is 16.1. The van der Waals surface area contributed by atoms with Crippen molar-refractivity contribution in [2.45, 2.75) is 59.2 Å². The highest BCUT2D eigenvalue weighted by atomic mass is 79.9. The van der Waals surface area contributed by atoms with Gasteiger partial charge >= 0.3 is 0 Å². The fourth-order valence-electron chi connectivity index (χ4n) is 3.56. The normalized spacial score (nSPS) is 12.7. The minimum atomic E-state index is -3.78. The van der Waals surface area contributed by atoms with Gasteiger partial charge in [0.25, 0.3) is 0 Å². The Morgan fingerprint density at radius 2 is 1.71 bits per heavy atom. The summed E-state index contributed by atoms with van der Waals surface area (Å²) in [7, 11) is -3.78. The second kappa shape index (κ2) is 11.8. The molecule has 0 spiro atoms. The third-order valence-electron chi connectivity index (χ3n) is 5.26. The van der Waals surface area contributed by atoms with Gasteiger partial charge in [0.1, 0.15) is 12.6 Å². The number of sulfonamides is 1. The van der Waals surface area contributed by atoms with Crippen molar-refractivity contribution >= 4 is 55.1 Å². The fraction of sp³-hybridized carbons (Fsp3) is 0.440. The molecule has 0 unspecified atom stereocenters. The Morgan fingerprint density at radius 1 is 1.11 bits per heavy atom. The molecule has 0 bridgehead atoms. The van der Waals surface area contributed by atoms with E-state index < -0.39 is 34.1 Å². The maximum Gasteiger partial charge on any atom is 0.244 e. The van der Waals surface area contributed by atoms with Crippen LogP contribution in [0.15, 0.2) is 46.9 Å². The monoisotopic (exact) mass is 585 g/mol. The number of aryl methyl sites for hydroxylation is 1. The van der Waals surface area contributed by atoms with Crippen LogP contribution in [0.25, 0.3) is 0 Å². The zero-order chi connectivity index (χ0) is 26.6. The quantitative estimate of drug-likeness (QED) is 0.453. The topological polar surface area (TPSA) is 86.8 Å². The molecular formula is C25H33BrClN3O4S. The molecule has 2 rings (SSSR count). The Kier molecular flexibility index (Phi) is 9.79. The molecule has 7 nitrogen and oxygen atoms in total. The maximum atomic E-state index is 13.7. The highest BCUT2D eigenvalue weighted by Gasteiger charge is 2.33. The minimum absolute atomic E-state index is 0.128. The number of carbonyl (C=O) groups is 2. The summed E-state index contributed by atoms with van der Waals surface area (Å²) in [6.45, 7) is 8.95. The molecule has 35 heavy (non-hydrogen) atoms. The summed E-state index contributed by atoms with van der Waals surface area (Å²) in [6, 6.07) is 11.3. The van der Waals surface area contributed by atoms with Gasteiger partial charge in [-0.05, 0) is 75.6 Å². The van der Waals surface area contributed by atoms with E-state index in [1.807, 2.05) is 34.6 Å². The summed E-state index contributed by atoms with van der Waals surface area (Å²) in [4.78, 5) is 28.3. The predicted molar refractivity (Wildman–Crippen MR) is 145 cm³/mol. The molecule has 2 aromatic rings. The number of anilines is 1. The maximum absolute atomic E-state index is 13.7. The molecule has 1 atom stereocenters. The van der Waals surface area contributed by atoms with Crippen LogP contribution >= 0.6 is 27.5 Å². The standard InChI is InChI=1S/C25H33BrClN3O4S/c1-7-22(24(32)28-25(3,4)5)29(15-18-8-10-19(27)11-9-18)23(31)16-30(35(6,33)34)20-12-13-21(26)17(2)14-20/h8-14,22H,7,15-16H2,1-6H3,(H,28,32)/t22-/m0/s1. The van der Waals surface area contributed by atoms with Gasteiger partial charge in [-0.1, -0.05) is 46.6 Å². The Labute approximate surface area is 222 Å². The summed E-state index contributed by atoms with van der Waals surface area (Å²) in [5, 5.41) is 3.49. The largest absolute Gasteiger partial charge is 0.350 e. The molecule has 0 aliphatic carbocycles. The summed E-state index contributed by atoms with van der Waals surface area (Å²) < 4.78 is 27.3. The number of nitrogens with zero attached hydrogens (tertiary/aromatic N) is 2. The smallest absolute Gasteiger partial charge is 0.244 e. The van der Waals surface area contributed by atoms with Gasteiger partial charge in [-0.3, -0.25) is 13.9 Å². The Balaban J connectivity index is 2.47. The van der Waals surface area contributed by atoms with Gasteiger partial charge in [0.2, 0.25) is 21.8 Å². The first-order valence-corrected chi connectivity index (χ1v) is 14.2.